The second kappa shape index (κ2) is 67.3. The minimum Gasteiger partial charge on any atom is -0.550 e. The van der Waals surface area contributed by atoms with Crippen LogP contribution in [0, 0.1) is 0 Å². The molecule has 0 unspecified atom stereocenters. The van der Waals surface area contributed by atoms with Gasteiger partial charge in [-0.2, -0.15) is 0 Å². The van der Waals surface area contributed by atoms with E-state index in [0.29, 0.717) is 0 Å². The number of hydrogen-bond donors (Lipinski definition) is 0. The molecule has 0 atom stereocenters. The Bertz CT molecular complexity index is 702. The summed E-state index contributed by atoms with van der Waals surface area (Å²) in [7, 11) is 0. The maximum absolute atomic E-state index is 8.89. The summed E-state index contributed by atoms with van der Waals surface area (Å²) < 4.78 is 0. The number of aliphatic carboxylic acids is 8. The molecule has 0 fully saturated rings. The summed E-state index contributed by atoms with van der Waals surface area (Å²) in [6, 6.07) is 0. The molecule has 0 amide bonds. The molecule has 0 heterocycles. The van der Waals surface area contributed by atoms with Crippen molar-refractivity contribution in [2.24, 2.45) is 0 Å². The van der Waals surface area contributed by atoms with Gasteiger partial charge in [-0.25, -0.2) is 0 Å². The van der Waals surface area contributed by atoms with E-state index in [0.717, 1.165) is 55.4 Å². The normalized spacial score (nSPS) is 11.7. The van der Waals surface area contributed by atoms with Crippen molar-refractivity contribution in [3.63, 3.8) is 0 Å². The van der Waals surface area contributed by atoms with Gasteiger partial charge in [0.05, 0.1) is 0 Å². The Morgan fingerprint density at radius 1 is 0.260 bits per heavy atom. The van der Waals surface area contributed by atoms with E-state index in [1.807, 2.05) is 0 Å². The monoisotopic (exact) mass is 1080 g/mol. The minimum atomic E-state index is -1.08. The van der Waals surface area contributed by atoms with Crippen molar-refractivity contribution in [3.05, 3.63) is 48.6 Å². The van der Waals surface area contributed by atoms with Gasteiger partial charge in [0.2, 0.25) is 0 Å². The van der Waals surface area contributed by atoms with Gasteiger partial charge in [0.25, 0.3) is 0 Å². The van der Waals surface area contributed by atoms with Crippen LogP contribution in [0.5, 0.6) is 0 Å². The van der Waals surface area contributed by atoms with Gasteiger partial charge in [-0.15, -0.1) is 0 Å². The predicted molar refractivity (Wildman–Crippen MR) is 159 cm³/mol. The average Bonchev–Trinajstić information content (AvgIpc) is 2.75. The Hall–Kier alpha value is -3.90. The molecule has 0 aromatic heterocycles. The topological polar surface area (TPSA) is 321 Å². The van der Waals surface area contributed by atoms with Gasteiger partial charge in [0.1, 0.15) is 0 Å². The third kappa shape index (κ3) is 560. The Balaban J connectivity index is -0.0000000451. The molecule has 0 aromatic rings. The summed E-state index contributed by atoms with van der Waals surface area (Å²) in [6.45, 7) is 7.78. The van der Waals surface area contributed by atoms with Crippen molar-refractivity contribution >= 4 is 47.8 Å². The van der Waals surface area contributed by atoms with E-state index in [4.69, 9.17) is 79.2 Å². The Kier molecular flexibility index (Phi) is 96.8. The molecule has 18 heteroatoms. The van der Waals surface area contributed by atoms with Crippen LogP contribution in [0.1, 0.15) is 107 Å². The first-order chi connectivity index (χ1) is 21.9. The number of hydrogen-bond acceptors (Lipinski definition) is 16. The van der Waals surface area contributed by atoms with E-state index in [9.17, 15) is 0 Å². The maximum atomic E-state index is 8.89. The second-order valence-corrected chi connectivity index (χ2v) is 8.13. The van der Waals surface area contributed by atoms with Gasteiger partial charge >= 0.3 is 42.1 Å². The molecule has 0 radical (unpaired) electrons. The van der Waals surface area contributed by atoms with Crippen LogP contribution in [0.2, 0.25) is 0 Å². The summed E-state index contributed by atoms with van der Waals surface area (Å²) in [5.41, 5.74) is 0. The number of allylic oxidation sites excluding steroid dienone is 8. The second-order valence-electron chi connectivity index (χ2n) is 8.13. The van der Waals surface area contributed by atoms with E-state index in [2.05, 4.69) is 48.6 Å². The smallest absolute Gasteiger partial charge is 0.550 e. The van der Waals surface area contributed by atoms with Crippen LogP contribution >= 0.6 is 0 Å². The summed E-state index contributed by atoms with van der Waals surface area (Å²) in [4.78, 5) is 71.1. The molecule has 0 N–H and O–H groups in total. The molecular formula is C32H48O16Pt2. The minimum absolute atomic E-state index is 0. The van der Waals surface area contributed by atoms with E-state index in [-0.39, 0.29) is 42.1 Å². The zero-order chi connectivity index (χ0) is 39.9. The van der Waals surface area contributed by atoms with Crippen molar-refractivity contribution in [2.75, 3.05) is 0 Å². The number of carboxylic acids is 8. The fraction of sp³-hybridized carbons (Fsp3) is 0.500. The molecule has 0 saturated heterocycles. The van der Waals surface area contributed by atoms with Crippen LogP contribution in [-0.4, -0.2) is 47.8 Å². The first-order valence-corrected chi connectivity index (χ1v) is 13.9. The zero-order valence-corrected chi connectivity index (χ0v) is 34.0. The van der Waals surface area contributed by atoms with Crippen molar-refractivity contribution in [3.8, 4) is 0 Å². The number of carbonyl (C=O) groups excluding carboxylic acids is 8. The van der Waals surface area contributed by atoms with E-state index < -0.39 is 47.8 Å². The molecule has 0 spiro atoms. The van der Waals surface area contributed by atoms with E-state index in [1.165, 1.54) is 51.4 Å². The van der Waals surface area contributed by atoms with Crippen LogP contribution in [0.25, 0.3) is 0 Å². The van der Waals surface area contributed by atoms with Crippen molar-refractivity contribution < 1.29 is 121 Å². The van der Waals surface area contributed by atoms with Crippen LogP contribution in [-0.2, 0) is 80.5 Å². The Morgan fingerprint density at radius 3 is 0.340 bits per heavy atom. The Morgan fingerprint density at radius 2 is 0.300 bits per heavy atom. The largest absolute Gasteiger partial charge is 4.00 e. The average molecular weight is 1080 g/mol. The fourth-order valence-corrected chi connectivity index (χ4v) is 1.71. The first kappa shape index (κ1) is 71.9. The van der Waals surface area contributed by atoms with Crippen molar-refractivity contribution in [1.29, 1.82) is 0 Å². The zero-order valence-electron chi connectivity index (χ0n) is 29.4. The van der Waals surface area contributed by atoms with Gasteiger partial charge in [-0.05, 0) is 107 Å². The van der Waals surface area contributed by atoms with Crippen molar-refractivity contribution in [1.82, 2.24) is 0 Å². The van der Waals surface area contributed by atoms with Crippen LogP contribution in [0.15, 0.2) is 48.6 Å². The van der Waals surface area contributed by atoms with Crippen LogP contribution in [0.4, 0.5) is 0 Å². The maximum Gasteiger partial charge on any atom is 4.00 e. The summed E-state index contributed by atoms with van der Waals surface area (Å²) in [5.74, 6) is -8.67. The van der Waals surface area contributed by atoms with Gasteiger partial charge < -0.3 is 79.2 Å². The Labute approximate surface area is 323 Å². The molecule has 2 aliphatic rings. The van der Waals surface area contributed by atoms with Crippen LogP contribution in [0.3, 0.4) is 0 Å². The molecule has 0 bridgehead atoms. The summed E-state index contributed by atoms with van der Waals surface area (Å²) >= 11 is 0. The summed E-state index contributed by atoms with van der Waals surface area (Å²) in [6.07, 6.45) is 28.0. The quantitative estimate of drug-likeness (QED) is 0.206. The SMILES string of the molecule is C1=CCC/C=C\CC1.C1=CCC/C=C\CC1.CC(=O)[O-].CC(=O)[O-].CC(=O)[O-].CC(=O)[O-].CC(=O)[O-].CC(=O)[O-].CC(=O)[O-].CC(=O)[O-].[Pt+4].[Pt+4]. The van der Waals surface area contributed by atoms with Crippen molar-refractivity contribution in [2.45, 2.75) is 107 Å². The standard InChI is InChI=1S/2C8H12.8C2H4O2.2Pt/c2*1-2-4-6-8-7-5-3-1;8*1-2(3)4;;/h2*1-2,7-8H,3-6H2;8*1H3,(H,3,4);;/q;;;;;;;;;;2*+4/p-8/b2*2-1-,8-7?;;;;;;;;;;. The number of carboxylic acid groups (broad SMARTS) is 8. The molecule has 2 aliphatic carbocycles. The molecule has 292 valence electrons. The third-order valence-corrected chi connectivity index (χ3v) is 2.67. The third-order valence-electron chi connectivity index (χ3n) is 2.67. The molecule has 0 saturated carbocycles. The van der Waals surface area contributed by atoms with Gasteiger partial charge in [0, 0.05) is 47.8 Å². The summed E-state index contributed by atoms with van der Waals surface area (Å²) in [5, 5.41) is 71.1. The molecule has 50 heavy (non-hydrogen) atoms. The predicted octanol–water partition coefficient (Wildman–Crippen LogP) is -4.61. The van der Waals surface area contributed by atoms with E-state index >= 15 is 0 Å². The molecular weight excluding hydrogens is 1030 g/mol. The molecule has 2 rings (SSSR count). The fourth-order valence-electron chi connectivity index (χ4n) is 1.71. The van der Waals surface area contributed by atoms with Gasteiger partial charge in [-0.3, -0.25) is 0 Å². The molecule has 0 aromatic carbocycles. The molecule has 0 aliphatic heterocycles. The van der Waals surface area contributed by atoms with E-state index in [1.54, 1.807) is 0 Å². The van der Waals surface area contributed by atoms with Crippen LogP contribution < -0.4 is 40.9 Å². The van der Waals surface area contributed by atoms with Gasteiger partial charge in [0.15, 0.2) is 0 Å². The number of rotatable bonds is 0. The molecule has 16 nitrogen and oxygen atoms in total. The number of carbonyl (C=O) groups is 8. The first-order valence-electron chi connectivity index (χ1n) is 13.9. The van der Waals surface area contributed by atoms with Gasteiger partial charge in [-0.1, -0.05) is 48.6 Å².